The Hall–Kier alpha value is 0.620. The molecule has 0 spiro atoms. The van der Waals surface area contributed by atoms with Crippen molar-refractivity contribution in [2.24, 2.45) is 4.74 Å². The van der Waals surface area contributed by atoms with Crippen LogP contribution in [0.3, 0.4) is 0 Å². The quantitative estimate of drug-likeness (QED) is 0.349. The first-order chi connectivity index (χ1) is 8.45. The minimum absolute atomic E-state index is 0.0485. The highest BCUT2D eigenvalue weighted by molar-refractivity contribution is 8.47. The molecule has 1 aliphatic heterocycles. The van der Waals surface area contributed by atoms with Crippen molar-refractivity contribution in [3.8, 4) is 0 Å². The highest BCUT2D eigenvalue weighted by Crippen LogP contribution is 3.09. The largest absolute Gasteiger partial charge is 0.276 e. The van der Waals surface area contributed by atoms with Gasteiger partial charge < -0.3 is 0 Å². The molecule has 1 aliphatic rings. The van der Waals surface area contributed by atoms with E-state index >= 15 is 0 Å². The Kier molecular flexibility index (Phi) is 4.49. The number of hydrogen-bond donors (Lipinski definition) is 0. The highest BCUT2D eigenvalue weighted by atomic mass is 32.1. The molecule has 0 aromatic carbocycles. The molecule has 3 atom stereocenters. The lowest BCUT2D eigenvalue weighted by Crippen LogP contribution is -2.27. The molecule has 4 heteroatoms. The van der Waals surface area contributed by atoms with Crippen molar-refractivity contribution in [3.05, 3.63) is 0 Å². The van der Waals surface area contributed by atoms with Crippen LogP contribution in [0.1, 0.15) is 83.1 Å². The van der Waals surface area contributed by atoms with E-state index < -0.39 is 6.89 Å². The first-order valence-electron chi connectivity index (χ1n) is 7.69. The van der Waals surface area contributed by atoms with Crippen molar-refractivity contribution in [2.45, 2.75) is 104 Å². The minimum atomic E-state index is -1.44. The summed E-state index contributed by atoms with van der Waals surface area (Å²) < 4.78 is 8.31. The van der Waals surface area contributed by atoms with Gasteiger partial charge in [0.1, 0.15) is 0 Å². The summed E-state index contributed by atoms with van der Waals surface area (Å²) in [5.74, 6) is 0. The summed E-state index contributed by atoms with van der Waals surface area (Å²) >= 11 is 0. The van der Waals surface area contributed by atoms with Crippen LogP contribution >= 0.6 is 14.7 Å². The molecular weight excluding hydrogens is 282 g/mol. The Labute approximate surface area is 128 Å². The lowest BCUT2D eigenvalue weighted by atomic mass is 10.1. The molecule has 1 saturated heterocycles. The first-order valence-corrected chi connectivity index (χ1v) is 11.4. The lowest BCUT2D eigenvalue weighted by Gasteiger charge is -2.31. The van der Waals surface area contributed by atoms with E-state index in [-0.39, 0.29) is 24.0 Å². The molecule has 120 valence electrons. The van der Waals surface area contributed by atoms with Crippen LogP contribution in [-0.2, 0) is 0 Å². The summed E-state index contributed by atoms with van der Waals surface area (Å²) in [5, 5.41) is 0.616. The van der Waals surface area contributed by atoms with E-state index in [9.17, 15) is 0 Å². The molecule has 1 heterocycles. The van der Waals surface area contributed by atoms with Crippen LogP contribution in [0, 0.1) is 0 Å². The van der Waals surface area contributed by atoms with Gasteiger partial charge in [-0.1, -0.05) is 41.5 Å². The van der Waals surface area contributed by atoms with Crippen LogP contribution in [0.15, 0.2) is 4.74 Å². The van der Waals surface area contributed by atoms with Crippen LogP contribution in [0.25, 0.3) is 0 Å². The lowest BCUT2D eigenvalue weighted by molar-refractivity contribution is 0.404. The van der Waals surface area contributed by atoms with Gasteiger partial charge in [0.05, 0.1) is 12.4 Å². The molecular formula is C16H36N2P2. The van der Waals surface area contributed by atoms with Gasteiger partial charge in [-0.2, -0.15) is 0 Å². The van der Waals surface area contributed by atoms with Crippen LogP contribution < -0.4 is 0 Å². The topological polar surface area (TPSA) is 15.4 Å². The Morgan fingerprint density at radius 3 is 1.30 bits per heavy atom. The van der Waals surface area contributed by atoms with Crippen LogP contribution in [0.5, 0.6) is 0 Å². The molecule has 0 aromatic rings. The maximum atomic E-state index is 5.49. The molecule has 0 bridgehead atoms. The van der Waals surface area contributed by atoms with Gasteiger partial charge in [-0.15, -0.1) is 0 Å². The molecule has 0 radical (unpaired) electrons. The van der Waals surface area contributed by atoms with Gasteiger partial charge in [0, 0.05) is 23.6 Å². The molecule has 0 aromatic heterocycles. The fraction of sp³-hybridized carbons (Fsp3) is 1.00. The van der Waals surface area contributed by atoms with Crippen molar-refractivity contribution in [3.63, 3.8) is 0 Å². The fourth-order valence-corrected chi connectivity index (χ4v) is 19.2. The molecule has 0 N–H and O–H groups in total. The van der Waals surface area contributed by atoms with Gasteiger partial charge in [0.2, 0.25) is 0 Å². The Morgan fingerprint density at radius 1 is 0.750 bits per heavy atom. The highest BCUT2D eigenvalue weighted by Gasteiger charge is 2.69. The molecule has 1 fully saturated rings. The minimum Gasteiger partial charge on any atom is -0.276 e. The summed E-state index contributed by atoms with van der Waals surface area (Å²) in [5.41, 5.74) is 0.266. The molecule has 0 saturated carbocycles. The van der Waals surface area contributed by atoms with E-state index in [1.807, 2.05) is 0 Å². The van der Waals surface area contributed by atoms with Gasteiger partial charge in [0.25, 0.3) is 0 Å². The normalized spacial score (nSPS) is 32.2. The van der Waals surface area contributed by atoms with E-state index in [1.54, 1.807) is 0 Å². The average molecular weight is 318 g/mol. The summed E-state index contributed by atoms with van der Waals surface area (Å²) in [6, 6.07) is 0. The maximum Gasteiger partial charge on any atom is 0.0784 e. The zero-order valence-electron chi connectivity index (χ0n) is 15.8. The summed E-state index contributed by atoms with van der Waals surface area (Å²) in [7, 11) is -0.165. The third kappa shape index (κ3) is 3.34. The molecule has 0 aliphatic carbocycles. The fourth-order valence-electron chi connectivity index (χ4n) is 2.81. The second-order valence-electron chi connectivity index (χ2n) is 9.93. The van der Waals surface area contributed by atoms with E-state index in [0.717, 1.165) is 0 Å². The van der Waals surface area contributed by atoms with Crippen molar-refractivity contribution in [2.75, 3.05) is 0 Å². The summed E-state index contributed by atoms with van der Waals surface area (Å²) in [6.45, 7) is 26.9. The molecule has 20 heavy (non-hydrogen) atoms. The molecule has 2 nitrogen and oxygen atoms in total. The predicted molar refractivity (Wildman–Crippen MR) is 97.1 cm³/mol. The maximum absolute atomic E-state index is 5.49. The van der Waals surface area contributed by atoms with E-state index in [4.69, 9.17) is 4.74 Å². The Morgan fingerprint density at radius 2 is 1.15 bits per heavy atom. The Balaban J connectivity index is 3.58. The SMILES string of the molecule is CC(C)(C)N=[P@]1(C(C)(C)C)N(C(C)(C)C)[P@@]1C(C)(C)C. The average Bonchev–Trinajstić information content (AvgIpc) is 2.67. The van der Waals surface area contributed by atoms with Gasteiger partial charge in [-0.3, -0.25) is 4.74 Å². The molecule has 1 unspecified atom stereocenters. The smallest absolute Gasteiger partial charge is 0.0784 e. The van der Waals surface area contributed by atoms with Crippen LogP contribution in [-0.4, -0.2) is 25.8 Å². The standard InChI is InChI=1S/C16H36N2P2/c1-13(2,3)17-20(16(10,11)12)18(14(4,5)6)19(20)15(7,8)9/h1-12H3/t18?,19-,20-/m1/s1. The summed E-state index contributed by atoms with van der Waals surface area (Å²) in [6.07, 6.45) is 0. The second kappa shape index (κ2) is 4.81. The molecule has 1 rings (SSSR count). The number of hydrogen-bond acceptors (Lipinski definition) is 1. The third-order valence-corrected chi connectivity index (χ3v) is 16.7. The number of nitrogens with zero attached hydrogens (tertiary/aromatic N) is 2. The zero-order chi connectivity index (χ0) is 16.4. The van der Waals surface area contributed by atoms with Gasteiger partial charge in [-0.25, -0.2) is 4.44 Å². The van der Waals surface area contributed by atoms with E-state index in [2.05, 4.69) is 87.5 Å². The van der Waals surface area contributed by atoms with Crippen molar-refractivity contribution >= 4 is 14.7 Å². The van der Waals surface area contributed by atoms with Crippen LogP contribution in [0.4, 0.5) is 0 Å². The molecule has 0 amide bonds. The van der Waals surface area contributed by atoms with Crippen molar-refractivity contribution in [1.82, 2.24) is 4.44 Å². The van der Waals surface area contributed by atoms with Gasteiger partial charge in [0.15, 0.2) is 0 Å². The van der Waals surface area contributed by atoms with Crippen LogP contribution in [0.2, 0.25) is 0 Å². The third-order valence-electron chi connectivity index (χ3n) is 3.22. The van der Waals surface area contributed by atoms with Gasteiger partial charge >= 0.3 is 0 Å². The second-order valence-corrected chi connectivity index (χ2v) is 18.5. The van der Waals surface area contributed by atoms with Crippen molar-refractivity contribution < 1.29 is 0 Å². The number of rotatable bonds is 0. The summed E-state index contributed by atoms with van der Waals surface area (Å²) in [4.78, 5) is 0. The van der Waals surface area contributed by atoms with E-state index in [0.29, 0.717) is 5.16 Å². The predicted octanol–water partition coefficient (Wildman–Crippen LogP) is 6.92. The van der Waals surface area contributed by atoms with Crippen molar-refractivity contribution in [1.29, 1.82) is 0 Å². The van der Waals surface area contributed by atoms with Gasteiger partial charge in [-0.05, 0) is 41.5 Å². The van der Waals surface area contributed by atoms with E-state index in [1.165, 1.54) is 0 Å². The Bertz CT molecular complexity index is 401. The first kappa shape index (κ1) is 18.7. The zero-order valence-corrected chi connectivity index (χ0v) is 17.6. The monoisotopic (exact) mass is 318 g/mol.